The van der Waals surface area contributed by atoms with Crippen LogP contribution in [-0.4, -0.2) is 75.7 Å². The van der Waals surface area contributed by atoms with Crippen LogP contribution in [0.25, 0.3) is 0 Å². The van der Waals surface area contributed by atoms with Crippen LogP contribution < -0.4 is 0 Å². The molecule has 23 heavy (non-hydrogen) atoms. The molecule has 0 spiro atoms. The SMILES string of the molecule is COCCOC(=O)OCC1(COC(=O)OCCCO)CSSC1. The summed E-state index contributed by atoms with van der Waals surface area (Å²) >= 11 is 0. The standard InChI is InChI=1S/C13H22O8S2/c1-17-5-6-19-12(16)21-8-13(9-22-23-10-13)7-20-11(15)18-4-2-3-14/h14H,2-10H2,1H3. The topological polar surface area (TPSA) is 101 Å². The third-order valence-electron chi connectivity index (χ3n) is 2.84. The Hall–Kier alpha value is -0.840. The van der Waals surface area contributed by atoms with Gasteiger partial charge >= 0.3 is 12.3 Å². The molecule has 0 bridgehead atoms. The summed E-state index contributed by atoms with van der Waals surface area (Å²) in [5, 5.41) is 8.62. The van der Waals surface area contributed by atoms with E-state index < -0.39 is 17.7 Å². The highest BCUT2D eigenvalue weighted by Gasteiger charge is 2.39. The van der Waals surface area contributed by atoms with Gasteiger partial charge in [0.1, 0.15) is 19.8 Å². The summed E-state index contributed by atoms with van der Waals surface area (Å²) in [6.45, 7) is 0.672. The molecule has 8 nitrogen and oxygen atoms in total. The largest absolute Gasteiger partial charge is 0.508 e. The number of hydrogen-bond donors (Lipinski definition) is 1. The average molecular weight is 370 g/mol. The van der Waals surface area contributed by atoms with Crippen LogP contribution in [0.2, 0.25) is 0 Å². The van der Waals surface area contributed by atoms with E-state index in [1.54, 1.807) is 21.6 Å². The van der Waals surface area contributed by atoms with Crippen LogP contribution >= 0.6 is 21.6 Å². The molecule has 0 radical (unpaired) electrons. The highest BCUT2D eigenvalue weighted by atomic mass is 33.1. The van der Waals surface area contributed by atoms with Gasteiger partial charge in [0.05, 0.1) is 18.6 Å². The van der Waals surface area contributed by atoms with E-state index >= 15 is 0 Å². The van der Waals surface area contributed by atoms with Crippen molar-refractivity contribution in [2.45, 2.75) is 6.42 Å². The summed E-state index contributed by atoms with van der Waals surface area (Å²) in [5.41, 5.74) is -0.453. The number of methoxy groups -OCH3 is 1. The number of carbonyl (C=O) groups is 2. The van der Waals surface area contributed by atoms with Crippen molar-refractivity contribution in [2.75, 3.05) is 58.3 Å². The van der Waals surface area contributed by atoms with Crippen LogP contribution in [0.1, 0.15) is 6.42 Å². The Morgan fingerprint density at radius 1 is 0.957 bits per heavy atom. The van der Waals surface area contributed by atoms with Crippen LogP contribution in [0.4, 0.5) is 9.59 Å². The molecule has 0 saturated carbocycles. The lowest BCUT2D eigenvalue weighted by molar-refractivity contribution is -0.00859. The molecule has 0 amide bonds. The summed E-state index contributed by atoms with van der Waals surface area (Å²) in [4.78, 5) is 22.9. The third kappa shape index (κ3) is 8.54. The number of carbonyl (C=O) groups excluding carboxylic acids is 2. The number of aliphatic hydroxyl groups excluding tert-OH is 1. The zero-order valence-electron chi connectivity index (χ0n) is 13.0. The predicted molar refractivity (Wildman–Crippen MR) is 85.5 cm³/mol. The van der Waals surface area contributed by atoms with Gasteiger partial charge < -0.3 is 28.8 Å². The molecule has 10 heteroatoms. The first kappa shape index (κ1) is 20.2. The summed E-state index contributed by atoms with van der Waals surface area (Å²) in [6.07, 6.45) is -1.20. The quantitative estimate of drug-likeness (QED) is 0.347. The first-order chi connectivity index (χ1) is 11.1. The maximum absolute atomic E-state index is 11.5. The van der Waals surface area contributed by atoms with Crippen molar-refractivity contribution in [2.24, 2.45) is 5.41 Å². The van der Waals surface area contributed by atoms with E-state index in [0.717, 1.165) is 0 Å². The Balaban J connectivity index is 2.31. The van der Waals surface area contributed by atoms with E-state index in [4.69, 9.17) is 28.8 Å². The molecule has 0 aromatic rings. The Bertz CT molecular complexity index is 332. The Morgan fingerprint density at radius 3 is 2.04 bits per heavy atom. The highest BCUT2D eigenvalue weighted by molar-refractivity contribution is 8.77. The van der Waals surface area contributed by atoms with Gasteiger partial charge in [-0.15, -0.1) is 0 Å². The monoisotopic (exact) mass is 370 g/mol. The van der Waals surface area contributed by atoms with Crippen molar-refractivity contribution in [1.82, 2.24) is 0 Å². The molecule has 0 atom stereocenters. The highest BCUT2D eigenvalue weighted by Crippen LogP contribution is 2.43. The Morgan fingerprint density at radius 2 is 1.52 bits per heavy atom. The van der Waals surface area contributed by atoms with E-state index in [9.17, 15) is 9.59 Å². The maximum Gasteiger partial charge on any atom is 0.508 e. The van der Waals surface area contributed by atoms with Crippen molar-refractivity contribution in [3.05, 3.63) is 0 Å². The second kappa shape index (κ2) is 11.7. The van der Waals surface area contributed by atoms with Gasteiger partial charge in [0.15, 0.2) is 0 Å². The van der Waals surface area contributed by atoms with Gasteiger partial charge in [0.25, 0.3) is 0 Å². The normalized spacial score (nSPS) is 15.9. The molecule has 0 aliphatic carbocycles. The lowest BCUT2D eigenvalue weighted by Crippen LogP contribution is -2.37. The smallest absolute Gasteiger partial charge is 0.434 e. The van der Waals surface area contributed by atoms with Gasteiger partial charge in [0, 0.05) is 31.6 Å². The molecule has 134 valence electrons. The van der Waals surface area contributed by atoms with Crippen molar-refractivity contribution < 1.29 is 38.4 Å². The second-order valence-corrected chi connectivity index (χ2v) is 7.33. The van der Waals surface area contributed by atoms with Crippen LogP contribution in [-0.2, 0) is 23.7 Å². The lowest BCUT2D eigenvalue weighted by atomic mass is 9.95. The molecular formula is C13H22O8S2. The van der Waals surface area contributed by atoms with Crippen LogP contribution in [0, 0.1) is 5.41 Å². The Labute approximate surface area is 142 Å². The maximum atomic E-state index is 11.5. The van der Waals surface area contributed by atoms with Crippen LogP contribution in [0.5, 0.6) is 0 Å². The minimum atomic E-state index is -0.789. The minimum Gasteiger partial charge on any atom is -0.434 e. The molecule has 1 fully saturated rings. The van der Waals surface area contributed by atoms with Crippen molar-refractivity contribution in [3.63, 3.8) is 0 Å². The van der Waals surface area contributed by atoms with E-state index in [1.165, 1.54) is 7.11 Å². The number of rotatable bonds is 10. The molecule has 0 unspecified atom stereocenters. The number of ether oxygens (including phenoxy) is 5. The first-order valence-electron chi connectivity index (χ1n) is 7.05. The van der Waals surface area contributed by atoms with Gasteiger partial charge in [0.2, 0.25) is 0 Å². The zero-order chi connectivity index (χ0) is 17.0. The average Bonchev–Trinajstić information content (AvgIpc) is 3.01. The fraction of sp³-hybridized carbons (Fsp3) is 0.846. The summed E-state index contributed by atoms with van der Waals surface area (Å²) in [6, 6.07) is 0. The number of hydrogen-bond acceptors (Lipinski definition) is 10. The van der Waals surface area contributed by atoms with Gasteiger partial charge in [-0.3, -0.25) is 0 Å². The van der Waals surface area contributed by atoms with Gasteiger partial charge in [-0.1, -0.05) is 21.6 Å². The molecule has 1 rings (SSSR count). The summed E-state index contributed by atoms with van der Waals surface area (Å²) in [7, 11) is 4.76. The van der Waals surface area contributed by atoms with Crippen molar-refractivity contribution >= 4 is 33.9 Å². The molecule has 0 aromatic carbocycles. The Kier molecular flexibility index (Phi) is 10.2. The van der Waals surface area contributed by atoms with Crippen molar-refractivity contribution in [3.8, 4) is 0 Å². The van der Waals surface area contributed by atoms with Crippen molar-refractivity contribution in [1.29, 1.82) is 0 Å². The molecule has 1 aliphatic rings. The molecule has 1 aliphatic heterocycles. The molecule has 1 heterocycles. The van der Waals surface area contributed by atoms with E-state index in [1.807, 2.05) is 0 Å². The van der Waals surface area contributed by atoms with Gasteiger partial charge in [-0.2, -0.15) is 0 Å². The molecule has 1 N–H and O–H groups in total. The predicted octanol–water partition coefficient (Wildman–Crippen LogP) is 1.70. The fourth-order valence-corrected chi connectivity index (χ4v) is 4.85. The second-order valence-electron chi connectivity index (χ2n) is 4.87. The van der Waals surface area contributed by atoms with Crippen LogP contribution in [0.3, 0.4) is 0 Å². The molecule has 0 aromatic heterocycles. The molecule has 1 saturated heterocycles. The van der Waals surface area contributed by atoms with E-state index in [-0.39, 0.29) is 33.0 Å². The third-order valence-corrected chi connectivity index (χ3v) is 5.67. The molecular weight excluding hydrogens is 348 g/mol. The number of aliphatic hydroxyl groups is 1. The van der Waals surface area contributed by atoms with Gasteiger partial charge in [-0.05, 0) is 0 Å². The van der Waals surface area contributed by atoms with Gasteiger partial charge in [-0.25, -0.2) is 9.59 Å². The van der Waals surface area contributed by atoms with E-state index in [2.05, 4.69) is 0 Å². The lowest BCUT2D eigenvalue weighted by Gasteiger charge is -2.25. The zero-order valence-corrected chi connectivity index (χ0v) is 14.6. The first-order valence-corrected chi connectivity index (χ1v) is 9.54. The fourth-order valence-electron chi connectivity index (χ4n) is 1.52. The summed E-state index contributed by atoms with van der Waals surface area (Å²) in [5.74, 6) is 1.37. The van der Waals surface area contributed by atoms with E-state index in [0.29, 0.717) is 24.5 Å². The summed E-state index contributed by atoms with van der Waals surface area (Å²) < 4.78 is 24.6. The van der Waals surface area contributed by atoms with Crippen LogP contribution in [0.15, 0.2) is 0 Å². The minimum absolute atomic E-state index is 0.0521.